The topological polar surface area (TPSA) is 58.3 Å². The Balaban J connectivity index is 2.23. The van der Waals surface area contributed by atoms with E-state index in [-0.39, 0.29) is 0 Å². The normalized spacial score (nSPS) is 12.7. The van der Waals surface area contributed by atoms with Gasteiger partial charge in [-0.3, -0.25) is 0 Å². The van der Waals surface area contributed by atoms with Crippen molar-refractivity contribution in [2.75, 3.05) is 19.6 Å². The minimum Gasteiger partial charge on any atom is -0.390 e. The molecule has 0 aliphatic heterocycles. The number of aliphatic hydroxyl groups excluding tert-OH is 1. The Labute approximate surface area is 98.8 Å². The van der Waals surface area contributed by atoms with Gasteiger partial charge in [-0.2, -0.15) is 0 Å². The van der Waals surface area contributed by atoms with E-state index in [1.165, 1.54) is 5.56 Å². The van der Waals surface area contributed by atoms with Gasteiger partial charge in [-0.15, -0.1) is 0 Å². The van der Waals surface area contributed by atoms with E-state index in [2.05, 4.69) is 27.3 Å². The maximum Gasteiger partial charge on any atom is 0.0786 e. The molecule has 1 aromatic carbocycles. The summed E-state index contributed by atoms with van der Waals surface area (Å²) in [5.74, 6) is 0. The summed E-state index contributed by atoms with van der Waals surface area (Å²) in [6.07, 6.45) is 0.503. The van der Waals surface area contributed by atoms with E-state index in [9.17, 15) is 5.11 Å². The van der Waals surface area contributed by atoms with Gasteiger partial charge >= 0.3 is 0 Å². The molecule has 0 saturated carbocycles. The highest BCUT2D eigenvalue weighted by atomic mass is 79.9. The Morgan fingerprint density at radius 1 is 1.40 bits per heavy atom. The summed E-state index contributed by atoms with van der Waals surface area (Å²) in [5, 5.41) is 12.4. The highest BCUT2D eigenvalue weighted by Crippen LogP contribution is 2.15. The fourth-order valence-corrected chi connectivity index (χ4v) is 1.76. The zero-order valence-electron chi connectivity index (χ0n) is 8.62. The van der Waals surface area contributed by atoms with Gasteiger partial charge in [-0.25, -0.2) is 0 Å². The van der Waals surface area contributed by atoms with Crippen LogP contribution < -0.4 is 11.1 Å². The van der Waals surface area contributed by atoms with E-state index in [0.717, 1.165) is 17.4 Å². The van der Waals surface area contributed by atoms with Crippen LogP contribution in [0.25, 0.3) is 0 Å². The highest BCUT2D eigenvalue weighted by molar-refractivity contribution is 9.10. The molecule has 0 aliphatic rings. The second-order valence-corrected chi connectivity index (χ2v) is 4.29. The number of hydrogen-bond acceptors (Lipinski definition) is 3. The zero-order chi connectivity index (χ0) is 11.1. The molecule has 4 N–H and O–H groups in total. The molecule has 0 amide bonds. The van der Waals surface area contributed by atoms with Crippen LogP contribution >= 0.6 is 15.9 Å². The first-order valence-electron chi connectivity index (χ1n) is 5.06. The second kappa shape index (κ2) is 6.95. The predicted octanol–water partition coefficient (Wildman–Crippen LogP) is 0.901. The van der Waals surface area contributed by atoms with Crippen LogP contribution in [0.5, 0.6) is 0 Å². The van der Waals surface area contributed by atoms with Crippen LogP contribution in [0.15, 0.2) is 28.7 Å². The third kappa shape index (κ3) is 4.75. The molecular weight excluding hydrogens is 256 g/mol. The number of aliphatic hydroxyl groups is 1. The molecule has 0 spiro atoms. The summed E-state index contributed by atoms with van der Waals surface area (Å²) in [6, 6.07) is 8.14. The maximum absolute atomic E-state index is 9.21. The Kier molecular flexibility index (Phi) is 5.86. The van der Waals surface area contributed by atoms with Crippen molar-refractivity contribution in [1.29, 1.82) is 0 Å². The van der Waals surface area contributed by atoms with Gasteiger partial charge in [0, 0.05) is 17.6 Å². The summed E-state index contributed by atoms with van der Waals surface area (Å²) >= 11 is 3.49. The van der Waals surface area contributed by atoms with E-state index in [1.54, 1.807) is 0 Å². The van der Waals surface area contributed by atoms with Crippen LogP contribution in [0.1, 0.15) is 5.56 Å². The summed E-state index contributed by atoms with van der Waals surface area (Å²) < 4.78 is 1.13. The number of nitrogens with two attached hydrogens (primary N) is 1. The molecule has 1 atom stereocenters. The fourth-order valence-electron chi connectivity index (χ4n) is 1.28. The van der Waals surface area contributed by atoms with Crippen LogP contribution in [-0.2, 0) is 6.42 Å². The van der Waals surface area contributed by atoms with Crippen molar-refractivity contribution >= 4 is 15.9 Å². The molecule has 0 bridgehead atoms. The molecule has 0 heterocycles. The maximum atomic E-state index is 9.21. The lowest BCUT2D eigenvalue weighted by Crippen LogP contribution is -2.33. The van der Waals surface area contributed by atoms with E-state index in [1.807, 2.05) is 18.2 Å². The van der Waals surface area contributed by atoms with E-state index in [0.29, 0.717) is 13.1 Å². The number of hydrogen-bond donors (Lipinski definition) is 3. The van der Waals surface area contributed by atoms with Crippen molar-refractivity contribution in [2.45, 2.75) is 12.5 Å². The lowest BCUT2D eigenvalue weighted by Gasteiger charge is -2.09. The first-order valence-corrected chi connectivity index (χ1v) is 5.85. The monoisotopic (exact) mass is 272 g/mol. The molecule has 1 aromatic rings. The Morgan fingerprint density at radius 3 is 2.80 bits per heavy atom. The van der Waals surface area contributed by atoms with Crippen molar-refractivity contribution in [3.8, 4) is 0 Å². The molecule has 0 fully saturated rings. The molecule has 0 aromatic heterocycles. The van der Waals surface area contributed by atoms with E-state index in [4.69, 9.17) is 5.73 Å². The van der Waals surface area contributed by atoms with Crippen molar-refractivity contribution in [3.05, 3.63) is 34.3 Å². The van der Waals surface area contributed by atoms with Crippen molar-refractivity contribution in [1.82, 2.24) is 5.32 Å². The van der Waals surface area contributed by atoms with Crippen molar-refractivity contribution in [3.63, 3.8) is 0 Å². The molecule has 3 nitrogen and oxygen atoms in total. The van der Waals surface area contributed by atoms with Crippen LogP contribution in [0, 0.1) is 0 Å². The highest BCUT2D eigenvalue weighted by Gasteiger charge is 2.00. The van der Waals surface area contributed by atoms with Gasteiger partial charge in [0.15, 0.2) is 0 Å². The fraction of sp³-hybridized carbons (Fsp3) is 0.455. The lowest BCUT2D eigenvalue weighted by atomic mass is 10.1. The van der Waals surface area contributed by atoms with Crippen molar-refractivity contribution < 1.29 is 5.11 Å². The molecule has 0 radical (unpaired) electrons. The summed E-state index contributed by atoms with van der Waals surface area (Å²) in [6.45, 7) is 1.71. The zero-order valence-corrected chi connectivity index (χ0v) is 10.2. The van der Waals surface area contributed by atoms with E-state index >= 15 is 0 Å². The number of halogens is 1. The first-order chi connectivity index (χ1) is 7.24. The average molecular weight is 273 g/mol. The molecule has 15 heavy (non-hydrogen) atoms. The quantitative estimate of drug-likeness (QED) is 0.675. The van der Waals surface area contributed by atoms with Gasteiger partial charge in [-0.05, 0) is 24.6 Å². The number of nitrogens with one attached hydrogen (secondary N) is 1. The number of benzene rings is 1. The standard InChI is InChI=1S/C11H17BrN2O/c12-11-4-2-1-3-9(11)5-6-14-8-10(15)7-13/h1-4,10,14-15H,5-8,13H2. The number of rotatable bonds is 6. The summed E-state index contributed by atoms with van der Waals surface area (Å²) in [4.78, 5) is 0. The SMILES string of the molecule is NCC(O)CNCCc1ccccc1Br. The van der Waals surface area contributed by atoms with Gasteiger partial charge in [0.1, 0.15) is 0 Å². The molecule has 4 heteroatoms. The van der Waals surface area contributed by atoms with Crippen LogP contribution in [0.3, 0.4) is 0 Å². The minimum absolute atomic E-state index is 0.308. The van der Waals surface area contributed by atoms with Crippen LogP contribution in [0.4, 0.5) is 0 Å². The third-order valence-corrected chi connectivity index (χ3v) is 2.95. The Morgan fingerprint density at radius 2 is 2.13 bits per heavy atom. The Hall–Kier alpha value is -0.420. The molecule has 0 saturated heterocycles. The van der Waals surface area contributed by atoms with Gasteiger partial charge in [0.2, 0.25) is 0 Å². The molecule has 1 unspecified atom stereocenters. The second-order valence-electron chi connectivity index (χ2n) is 3.44. The van der Waals surface area contributed by atoms with Crippen LogP contribution in [0.2, 0.25) is 0 Å². The summed E-state index contributed by atoms with van der Waals surface area (Å²) in [7, 11) is 0. The minimum atomic E-state index is -0.441. The van der Waals surface area contributed by atoms with Crippen LogP contribution in [-0.4, -0.2) is 30.8 Å². The first kappa shape index (κ1) is 12.6. The molecule has 84 valence electrons. The largest absolute Gasteiger partial charge is 0.390 e. The summed E-state index contributed by atoms with van der Waals surface area (Å²) in [5.41, 5.74) is 6.56. The lowest BCUT2D eigenvalue weighted by molar-refractivity contribution is 0.180. The smallest absolute Gasteiger partial charge is 0.0786 e. The molecule has 1 rings (SSSR count). The third-order valence-electron chi connectivity index (χ3n) is 2.18. The van der Waals surface area contributed by atoms with Gasteiger partial charge < -0.3 is 16.2 Å². The van der Waals surface area contributed by atoms with Gasteiger partial charge in [0.25, 0.3) is 0 Å². The van der Waals surface area contributed by atoms with Gasteiger partial charge in [0.05, 0.1) is 6.10 Å². The van der Waals surface area contributed by atoms with Crippen molar-refractivity contribution in [2.24, 2.45) is 5.73 Å². The average Bonchev–Trinajstić information content (AvgIpc) is 2.26. The predicted molar refractivity (Wildman–Crippen MR) is 65.8 cm³/mol. The van der Waals surface area contributed by atoms with E-state index < -0.39 is 6.10 Å². The molecule has 0 aliphatic carbocycles. The Bertz CT molecular complexity index is 294. The van der Waals surface area contributed by atoms with Gasteiger partial charge in [-0.1, -0.05) is 34.1 Å². The molecular formula is C11H17BrN2O.